The molecule has 294 valence electrons. The quantitative estimate of drug-likeness (QED) is 0.156. The summed E-state index contributed by atoms with van der Waals surface area (Å²) in [6.07, 6.45) is 0. The number of rotatable bonds is 7. The highest BCUT2D eigenvalue weighted by Crippen LogP contribution is 2.43. The Kier molecular flexibility index (Phi) is 7.91. The summed E-state index contributed by atoms with van der Waals surface area (Å²) in [6, 6.07) is 86.3. The molecule has 0 saturated carbocycles. The van der Waals surface area contributed by atoms with Crippen molar-refractivity contribution >= 4 is 77.0 Å². The van der Waals surface area contributed by atoms with Gasteiger partial charge in [-0.05, 0) is 118 Å². The Balaban J connectivity index is 0.897. The van der Waals surface area contributed by atoms with Crippen LogP contribution in [0.5, 0.6) is 0 Å². The van der Waals surface area contributed by atoms with Crippen molar-refractivity contribution in [3.63, 3.8) is 0 Å². The van der Waals surface area contributed by atoms with Gasteiger partial charge in [-0.15, -0.1) is 0 Å². The molecule has 0 aliphatic heterocycles. The maximum Gasteiger partial charge on any atom is 0.0620 e. The van der Waals surface area contributed by atoms with Crippen molar-refractivity contribution in [3.8, 4) is 39.1 Å². The van der Waals surface area contributed by atoms with Crippen LogP contribution in [0.15, 0.2) is 237 Å². The van der Waals surface area contributed by atoms with E-state index in [9.17, 15) is 0 Å². The van der Waals surface area contributed by atoms with Crippen molar-refractivity contribution in [3.05, 3.63) is 237 Å². The van der Waals surface area contributed by atoms with Crippen molar-refractivity contribution in [2.24, 2.45) is 0 Å². The van der Waals surface area contributed by atoms with E-state index in [2.05, 4.69) is 250 Å². The van der Waals surface area contributed by atoms with Gasteiger partial charge in [0.1, 0.15) is 0 Å². The van der Waals surface area contributed by atoms with E-state index in [0.29, 0.717) is 0 Å². The summed E-state index contributed by atoms with van der Waals surface area (Å²) in [6.45, 7) is 0. The molecule has 0 unspecified atom stereocenters. The first kappa shape index (κ1) is 35.4. The summed E-state index contributed by atoms with van der Waals surface area (Å²) in [5.41, 5.74) is 17.8. The average molecular weight is 802 g/mol. The number of hydrogen-bond acceptors (Lipinski definition) is 1. The molecule has 0 radical (unpaired) electrons. The second kappa shape index (κ2) is 14.1. The molecule has 0 N–H and O–H groups in total. The van der Waals surface area contributed by atoms with Gasteiger partial charge in [0.25, 0.3) is 0 Å². The topological polar surface area (TPSA) is 12.6 Å². The molecule has 3 aromatic heterocycles. The third-order valence-corrected chi connectivity index (χ3v) is 13.0. The van der Waals surface area contributed by atoms with E-state index in [0.717, 1.165) is 22.7 Å². The molecule has 0 amide bonds. The van der Waals surface area contributed by atoms with Crippen LogP contribution >= 0.6 is 0 Å². The van der Waals surface area contributed by atoms with E-state index < -0.39 is 0 Å². The number of benzene rings is 10. The van der Waals surface area contributed by atoms with Crippen LogP contribution in [0, 0.1) is 0 Å². The van der Waals surface area contributed by atoms with Crippen LogP contribution in [0.1, 0.15) is 0 Å². The fraction of sp³-hybridized carbons (Fsp3) is 0. The summed E-state index contributed by atoms with van der Waals surface area (Å²) in [7, 11) is 0. The fourth-order valence-electron chi connectivity index (χ4n) is 10.1. The second-order valence-corrected chi connectivity index (χ2v) is 16.6. The standard InChI is InChI=1S/C60H39N3/c1-3-13-40(14-4-1)41-25-30-47(31-26-41)61(49-34-36-58-55(39-49)51-20-8-9-23-56(51)62(58)46-17-5-2-6-18-46)48-32-27-42(28-33-48)43-15-11-16-44(37-43)45-29-35-59-54(38-45)53-22-12-21-52-50-19-7-10-24-57(50)63(59)60(52)53/h1-39H. The van der Waals surface area contributed by atoms with Crippen LogP contribution in [0.25, 0.3) is 99.0 Å². The van der Waals surface area contributed by atoms with Crippen molar-refractivity contribution in [2.45, 2.75) is 0 Å². The Labute approximate surface area is 364 Å². The lowest BCUT2D eigenvalue weighted by molar-refractivity contribution is 1.18. The molecule has 13 rings (SSSR count). The van der Waals surface area contributed by atoms with E-state index in [4.69, 9.17) is 0 Å². The fourth-order valence-corrected chi connectivity index (χ4v) is 10.1. The highest BCUT2D eigenvalue weighted by molar-refractivity contribution is 6.23. The monoisotopic (exact) mass is 801 g/mol. The van der Waals surface area contributed by atoms with Crippen molar-refractivity contribution in [2.75, 3.05) is 4.90 Å². The average Bonchev–Trinajstić information content (AvgIpc) is 4.00. The molecule has 63 heavy (non-hydrogen) atoms. The van der Waals surface area contributed by atoms with Gasteiger partial charge in [0, 0.05) is 55.1 Å². The summed E-state index contributed by atoms with van der Waals surface area (Å²) in [5.74, 6) is 0. The molecule has 0 fully saturated rings. The lowest BCUT2D eigenvalue weighted by atomic mass is 9.97. The predicted molar refractivity (Wildman–Crippen MR) is 266 cm³/mol. The van der Waals surface area contributed by atoms with E-state index >= 15 is 0 Å². The summed E-state index contributed by atoms with van der Waals surface area (Å²) >= 11 is 0. The lowest BCUT2D eigenvalue weighted by Gasteiger charge is -2.26. The Morgan fingerprint density at radius 1 is 0.254 bits per heavy atom. The smallest absolute Gasteiger partial charge is 0.0620 e. The first-order valence-electron chi connectivity index (χ1n) is 21.7. The maximum atomic E-state index is 2.44. The molecule has 0 bridgehead atoms. The third-order valence-electron chi connectivity index (χ3n) is 13.0. The Bertz CT molecular complexity index is 3820. The van der Waals surface area contributed by atoms with Crippen molar-refractivity contribution in [1.82, 2.24) is 8.97 Å². The Morgan fingerprint density at radius 2 is 0.683 bits per heavy atom. The minimum absolute atomic E-state index is 1.10. The molecule has 0 spiro atoms. The van der Waals surface area contributed by atoms with Gasteiger partial charge in [0.05, 0.1) is 27.6 Å². The SMILES string of the molecule is c1ccc(-c2ccc(N(c3ccc(-c4cccc(-c5ccc6c(c5)c5cccc7c8ccccc8n6c75)c4)cc3)c3ccc4c(c3)c3ccccc3n4-c3ccccc3)cc2)cc1. The van der Waals surface area contributed by atoms with Crippen molar-refractivity contribution < 1.29 is 0 Å². The van der Waals surface area contributed by atoms with Crippen LogP contribution in [0.3, 0.4) is 0 Å². The summed E-state index contributed by atoms with van der Waals surface area (Å²) < 4.78 is 4.82. The number of anilines is 3. The number of hydrogen-bond donors (Lipinski definition) is 0. The van der Waals surface area contributed by atoms with Gasteiger partial charge in [-0.1, -0.05) is 152 Å². The van der Waals surface area contributed by atoms with Crippen LogP contribution < -0.4 is 4.90 Å². The van der Waals surface area contributed by atoms with Crippen LogP contribution in [-0.2, 0) is 0 Å². The van der Waals surface area contributed by atoms with Crippen LogP contribution in [-0.4, -0.2) is 8.97 Å². The molecule has 10 aromatic carbocycles. The molecule has 0 saturated heterocycles. The lowest BCUT2D eigenvalue weighted by Crippen LogP contribution is -2.10. The molecular weight excluding hydrogens is 763 g/mol. The molecule has 0 atom stereocenters. The van der Waals surface area contributed by atoms with E-state index in [1.54, 1.807) is 0 Å². The number of nitrogens with zero attached hydrogens (tertiary/aromatic N) is 3. The van der Waals surface area contributed by atoms with Gasteiger partial charge < -0.3 is 13.9 Å². The second-order valence-electron chi connectivity index (χ2n) is 16.6. The van der Waals surface area contributed by atoms with Crippen molar-refractivity contribution in [1.29, 1.82) is 0 Å². The number of para-hydroxylation sites is 4. The highest BCUT2D eigenvalue weighted by Gasteiger charge is 2.20. The van der Waals surface area contributed by atoms with Crippen LogP contribution in [0.2, 0.25) is 0 Å². The first-order chi connectivity index (χ1) is 31.2. The van der Waals surface area contributed by atoms with Gasteiger partial charge in [0.15, 0.2) is 0 Å². The predicted octanol–water partition coefficient (Wildman–Crippen LogP) is 16.4. The highest BCUT2D eigenvalue weighted by atomic mass is 15.1. The first-order valence-corrected chi connectivity index (χ1v) is 21.7. The zero-order chi connectivity index (χ0) is 41.4. The molecule has 3 nitrogen and oxygen atoms in total. The van der Waals surface area contributed by atoms with Gasteiger partial charge in [-0.2, -0.15) is 0 Å². The summed E-state index contributed by atoms with van der Waals surface area (Å²) in [5, 5.41) is 7.65. The van der Waals surface area contributed by atoms with Gasteiger partial charge in [-0.25, -0.2) is 0 Å². The molecule has 3 heterocycles. The summed E-state index contributed by atoms with van der Waals surface area (Å²) in [4.78, 5) is 2.38. The normalized spacial score (nSPS) is 11.8. The largest absolute Gasteiger partial charge is 0.310 e. The van der Waals surface area contributed by atoms with E-state index in [1.807, 2.05) is 0 Å². The zero-order valence-corrected chi connectivity index (χ0v) is 34.4. The molecular formula is C60H39N3. The Hall–Kier alpha value is -8.40. The minimum atomic E-state index is 1.10. The molecule has 13 aromatic rings. The number of fused-ring (bicyclic) bond motifs is 9. The van der Waals surface area contributed by atoms with E-state index in [-0.39, 0.29) is 0 Å². The minimum Gasteiger partial charge on any atom is -0.310 e. The van der Waals surface area contributed by atoms with Gasteiger partial charge >= 0.3 is 0 Å². The van der Waals surface area contributed by atoms with E-state index in [1.165, 1.54) is 93.3 Å². The molecule has 0 aliphatic carbocycles. The van der Waals surface area contributed by atoms with Gasteiger partial charge in [-0.3, -0.25) is 0 Å². The Morgan fingerprint density at radius 3 is 1.41 bits per heavy atom. The molecule has 0 aliphatic rings. The van der Waals surface area contributed by atoms with Gasteiger partial charge in [0.2, 0.25) is 0 Å². The zero-order valence-electron chi connectivity index (χ0n) is 34.4. The van der Waals surface area contributed by atoms with Crippen LogP contribution in [0.4, 0.5) is 17.1 Å². The molecule has 3 heteroatoms. The number of aromatic nitrogens is 2. The third kappa shape index (κ3) is 5.60. The maximum absolute atomic E-state index is 2.44.